The molecule has 0 radical (unpaired) electrons. The molecule has 0 atom stereocenters. The van der Waals surface area contributed by atoms with Crippen molar-refractivity contribution < 1.29 is 38.1 Å². The van der Waals surface area contributed by atoms with E-state index in [0.29, 0.717) is 27.3 Å². The van der Waals surface area contributed by atoms with Crippen LogP contribution in [0.4, 0.5) is 5.13 Å². The van der Waals surface area contributed by atoms with Crippen molar-refractivity contribution in [3.63, 3.8) is 0 Å². The van der Waals surface area contributed by atoms with Gasteiger partial charge in [0.1, 0.15) is 28.0 Å². The van der Waals surface area contributed by atoms with Crippen LogP contribution in [0, 0.1) is 0 Å². The number of carbonyl (C=O) groups excluding carboxylic acids is 1. The number of amides is 1. The van der Waals surface area contributed by atoms with E-state index in [-0.39, 0.29) is 28.1 Å². The maximum Gasteiger partial charge on any atom is 0.337 e. The molecule has 1 amide bonds. The van der Waals surface area contributed by atoms with Crippen LogP contribution in [0.25, 0.3) is 0 Å². The van der Waals surface area contributed by atoms with E-state index >= 15 is 0 Å². The second kappa shape index (κ2) is 13.0. The smallest absolute Gasteiger partial charge is 0.337 e. The predicted octanol–water partition coefficient (Wildman–Crippen LogP) is 5.84. The van der Waals surface area contributed by atoms with Crippen molar-refractivity contribution >= 4 is 40.4 Å². The minimum atomic E-state index is -1.12. The van der Waals surface area contributed by atoms with Gasteiger partial charge >= 0.3 is 5.97 Å². The van der Waals surface area contributed by atoms with Gasteiger partial charge in [-0.05, 0) is 44.2 Å². The molecule has 0 aliphatic rings. The van der Waals surface area contributed by atoms with Crippen molar-refractivity contribution in [2.45, 2.75) is 25.0 Å². The summed E-state index contributed by atoms with van der Waals surface area (Å²) >= 11 is 2.01. The fraction of sp³-hybridized carbons (Fsp3) is 0.160. The Morgan fingerprint density at radius 1 is 0.923 bits per heavy atom. The van der Waals surface area contributed by atoms with E-state index in [9.17, 15) is 9.59 Å². The van der Waals surface area contributed by atoms with Gasteiger partial charge in [0.25, 0.3) is 5.91 Å². The van der Waals surface area contributed by atoms with E-state index in [0.717, 1.165) is 23.4 Å². The van der Waals surface area contributed by atoms with E-state index < -0.39 is 11.9 Å². The Balaban J connectivity index is 1.48. The molecule has 39 heavy (non-hydrogen) atoms. The highest BCUT2D eigenvalue weighted by atomic mass is 32.2. The number of carbonyl (C=O) groups is 2. The van der Waals surface area contributed by atoms with E-state index in [4.69, 9.17) is 23.7 Å². The summed E-state index contributed by atoms with van der Waals surface area (Å²) < 4.78 is 22.1. The van der Waals surface area contributed by atoms with Gasteiger partial charge in [-0.3, -0.25) is 15.1 Å². The Kier molecular flexibility index (Phi) is 9.27. The molecule has 3 aromatic heterocycles. The number of nitrogens with zero attached hydrogens (tertiary/aromatic N) is 3. The van der Waals surface area contributed by atoms with Crippen LogP contribution in [0.2, 0.25) is 0 Å². The lowest BCUT2D eigenvalue weighted by Gasteiger charge is -2.14. The van der Waals surface area contributed by atoms with Crippen LogP contribution in [-0.2, 0) is 9.22 Å². The lowest BCUT2D eigenvalue weighted by atomic mass is 10.2. The summed E-state index contributed by atoms with van der Waals surface area (Å²) in [6, 6.07) is 9.55. The molecule has 0 saturated carbocycles. The average molecular weight is 571 g/mol. The van der Waals surface area contributed by atoms with Crippen molar-refractivity contribution in [3.8, 4) is 28.1 Å². The summed E-state index contributed by atoms with van der Waals surface area (Å²) in [7, 11) is 1.40. The minimum absolute atomic E-state index is 0.0159. The molecule has 0 spiro atoms. The standard InChI is InChI=1S/C25H22N4O8S2/c1-14(2)34-18-6-15(7-19(9-18)35-17-4-5-21(27-12-17)39-37-33-3)23(30)29-25-28-13-22(38-25)36-20-8-16(24(31)32)10-26-11-20/h4-14H,1-3H3,(H,31,32)(H,28,29,30). The van der Waals surface area contributed by atoms with Crippen LogP contribution in [-0.4, -0.2) is 45.1 Å². The number of carboxylic acid groups (broad SMARTS) is 1. The Bertz CT molecular complexity index is 1450. The highest BCUT2D eigenvalue weighted by molar-refractivity contribution is 7.94. The second-order valence-corrected chi connectivity index (χ2v) is 9.58. The summed E-state index contributed by atoms with van der Waals surface area (Å²) in [4.78, 5) is 41.0. The van der Waals surface area contributed by atoms with Crippen LogP contribution >= 0.6 is 23.4 Å². The molecule has 1 aromatic carbocycles. The average Bonchev–Trinajstić information content (AvgIpc) is 3.34. The summed E-state index contributed by atoms with van der Waals surface area (Å²) in [6.07, 6.45) is 5.37. The van der Waals surface area contributed by atoms with Crippen molar-refractivity contribution in [2.75, 3.05) is 12.4 Å². The first-order valence-corrected chi connectivity index (χ1v) is 12.8. The molecule has 14 heteroatoms. The number of anilines is 1. The monoisotopic (exact) mass is 570 g/mol. The number of ether oxygens (including phenoxy) is 3. The lowest BCUT2D eigenvalue weighted by molar-refractivity contribution is -0.160. The van der Waals surface area contributed by atoms with Crippen LogP contribution < -0.4 is 19.5 Å². The van der Waals surface area contributed by atoms with Crippen LogP contribution in [0.1, 0.15) is 34.6 Å². The first-order chi connectivity index (χ1) is 18.8. The molecule has 0 aliphatic carbocycles. The molecular weight excluding hydrogens is 548 g/mol. The van der Waals surface area contributed by atoms with Crippen LogP contribution in [0.5, 0.6) is 28.1 Å². The summed E-state index contributed by atoms with van der Waals surface area (Å²) in [5, 5.41) is 13.0. The molecule has 202 valence electrons. The van der Waals surface area contributed by atoms with Gasteiger partial charge in [-0.2, -0.15) is 4.33 Å². The molecule has 0 fully saturated rings. The number of hydrogen-bond donors (Lipinski definition) is 2. The first kappa shape index (κ1) is 27.8. The third-order valence-electron chi connectivity index (χ3n) is 4.53. The number of thiazole rings is 1. The third kappa shape index (κ3) is 8.12. The number of pyridine rings is 2. The fourth-order valence-electron chi connectivity index (χ4n) is 3.02. The number of nitrogens with one attached hydrogen (secondary N) is 1. The minimum Gasteiger partial charge on any atom is -0.491 e. The third-order valence-corrected chi connectivity index (χ3v) is 5.94. The van der Waals surface area contributed by atoms with Crippen LogP contribution in [0.3, 0.4) is 0 Å². The first-order valence-electron chi connectivity index (χ1n) is 11.3. The largest absolute Gasteiger partial charge is 0.491 e. The molecular formula is C25H22N4O8S2. The van der Waals surface area contributed by atoms with Crippen LogP contribution in [0.15, 0.2) is 66.2 Å². The molecule has 3 heterocycles. The molecule has 0 aliphatic heterocycles. The topological polar surface area (TPSA) is 151 Å². The van der Waals surface area contributed by atoms with E-state index in [1.165, 1.54) is 38.0 Å². The molecule has 12 nitrogen and oxygen atoms in total. The van der Waals surface area contributed by atoms with Gasteiger partial charge in [-0.1, -0.05) is 11.3 Å². The Labute approximate surface area is 231 Å². The highest BCUT2D eigenvalue weighted by Gasteiger charge is 2.15. The normalized spacial score (nSPS) is 10.8. The second-order valence-electron chi connectivity index (χ2n) is 7.87. The van der Waals surface area contributed by atoms with E-state index in [2.05, 4.69) is 25.2 Å². The number of rotatable bonds is 12. The number of carboxylic acids is 1. The van der Waals surface area contributed by atoms with Gasteiger partial charge < -0.3 is 19.3 Å². The molecule has 0 saturated heterocycles. The van der Waals surface area contributed by atoms with Gasteiger partial charge in [0.15, 0.2) is 5.13 Å². The number of hydrogen-bond acceptors (Lipinski definition) is 12. The van der Waals surface area contributed by atoms with Gasteiger partial charge in [0.05, 0.1) is 49.4 Å². The number of aromatic carboxylic acids is 1. The van der Waals surface area contributed by atoms with Gasteiger partial charge in [-0.25, -0.2) is 19.7 Å². The highest BCUT2D eigenvalue weighted by Crippen LogP contribution is 2.32. The summed E-state index contributed by atoms with van der Waals surface area (Å²) in [5.41, 5.74) is 0.255. The molecule has 0 unspecified atom stereocenters. The van der Waals surface area contributed by atoms with E-state index in [1.807, 2.05) is 13.8 Å². The zero-order valence-corrected chi connectivity index (χ0v) is 22.4. The molecule has 2 N–H and O–H groups in total. The Hall–Kier alpha value is -4.24. The number of benzene rings is 1. The zero-order valence-electron chi connectivity index (χ0n) is 20.8. The Morgan fingerprint density at radius 3 is 2.44 bits per heavy atom. The zero-order chi connectivity index (χ0) is 27.8. The molecule has 4 rings (SSSR count). The maximum absolute atomic E-state index is 13.1. The van der Waals surface area contributed by atoms with Crippen molar-refractivity contribution in [2.24, 2.45) is 0 Å². The Morgan fingerprint density at radius 2 is 1.72 bits per heavy atom. The van der Waals surface area contributed by atoms with Crippen molar-refractivity contribution in [3.05, 3.63) is 72.3 Å². The van der Waals surface area contributed by atoms with Gasteiger partial charge in [0.2, 0.25) is 5.06 Å². The quantitative estimate of drug-likeness (QED) is 0.120. The molecule has 0 bridgehead atoms. The molecule has 4 aromatic rings. The number of aromatic nitrogens is 3. The maximum atomic E-state index is 13.1. The van der Waals surface area contributed by atoms with E-state index in [1.54, 1.807) is 30.3 Å². The van der Waals surface area contributed by atoms with Gasteiger partial charge in [-0.15, -0.1) is 0 Å². The van der Waals surface area contributed by atoms with Crippen molar-refractivity contribution in [1.29, 1.82) is 0 Å². The SMILES string of the molecule is COOSc1ccc(Oc2cc(OC(C)C)cc(C(=O)Nc3ncc(Oc4cncc(C(=O)O)c4)s3)c2)cn1. The van der Waals surface area contributed by atoms with Gasteiger partial charge in [0, 0.05) is 17.8 Å². The fourth-order valence-corrected chi connectivity index (χ4v) is 4.06. The summed E-state index contributed by atoms with van der Waals surface area (Å²) in [5.74, 6) is -0.109. The predicted molar refractivity (Wildman–Crippen MR) is 142 cm³/mol. The lowest BCUT2D eigenvalue weighted by Crippen LogP contribution is -2.13. The summed E-state index contributed by atoms with van der Waals surface area (Å²) in [6.45, 7) is 3.74. The van der Waals surface area contributed by atoms with Crippen molar-refractivity contribution in [1.82, 2.24) is 15.0 Å².